The maximum absolute atomic E-state index is 6.31. The SMILES string of the molecule is CCC/C=C1\c2cc(CCN3CCC(CCN(CC)CC)CC3)ccc2OCC2C=CC=CC12. The van der Waals surface area contributed by atoms with E-state index in [2.05, 4.69) is 79.2 Å². The molecule has 3 nitrogen and oxygen atoms in total. The Morgan fingerprint density at radius 2 is 1.85 bits per heavy atom. The highest BCUT2D eigenvalue weighted by Gasteiger charge is 2.29. The first-order chi connectivity index (χ1) is 16.7. The van der Waals surface area contributed by atoms with Gasteiger partial charge >= 0.3 is 0 Å². The Morgan fingerprint density at radius 1 is 1.06 bits per heavy atom. The lowest BCUT2D eigenvalue weighted by Crippen LogP contribution is -2.36. The van der Waals surface area contributed by atoms with Crippen LogP contribution in [0.5, 0.6) is 5.75 Å². The number of hydrogen-bond acceptors (Lipinski definition) is 3. The summed E-state index contributed by atoms with van der Waals surface area (Å²) < 4.78 is 6.31. The van der Waals surface area contributed by atoms with Crippen molar-refractivity contribution in [2.45, 2.75) is 59.3 Å². The molecule has 3 heteroatoms. The average molecular weight is 463 g/mol. The van der Waals surface area contributed by atoms with Gasteiger partial charge in [-0.2, -0.15) is 0 Å². The summed E-state index contributed by atoms with van der Waals surface area (Å²) in [6.45, 7) is 14.9. The van der Waals surface area contributed by atoms with E-state index in [0.29, 0.717) is 11.8 Å². The molecule has 1 fully saturated rings. The molecule has 2 aliphatic heterocycles. The molecule has 0 radical (unpaired) electrons. The Kier molecular flexibility index (Phi) is 9.47. The first kappa shape index (κ1) is 25.3. The Bertz CT molecular complexity index is 858. The number of ether oxygens (including phenoxy) is 1. The number of benzene rings is 1. The second-order valence-corrected chi connectivity index (χ2v) is 10.4. The maximum Gasteiger partial charge on any atom is 0.126 e. The molecule has 186 valence electrons. The summed E-state index contributed by atoms with van der Waals surface area (Å²) >= 11 is 0. The largest absolute Gasteiger partial charge is 0.492 e. The second kappa shape index (κ2) is 12.7. The zero-order valence-corrected chi connectivity index (χ0v) is 21.8. The molecule has 4 rings (SSSR count). The van der Waals surface area contributed by atoms with E-state index in [9.17, 15) is 0 Å². The molecule has 34 heavy (non-hydrogen) atoms. The van der Waals surface area contributed by atoms with E-state index in [0.717, 1.165) is 31.1 Å². The van der Waals surface area contributed by atoms with Gasteiger partial charge in [0.15, 0.2) is 0 Å². The molecule has 0 aromatic heterocycles. The molecule has 2 atom stereocenters. The van der Waals surface area contributed by atoms with Crippen molar-refractivity contribution in [1.82, 2.24) is 9.80 Å². The molecule has 2 heterocycles. The van der Waals surface area contributed by atoms with Gasteiger partial charge in [0.2, 0.25) is 0 Å². The Morgan fingerprint density at radius 3 is 2.62 bits per heavy atom. The van der Waals surface area contributed by atoms with E-state index >= 15 is 0 Å². The van der Waals surface area contributed by atoms with Crippen molar-refractivity contribution in [3.05, 3.63) is 59.7 Å². The summed E-state index contributed by atoms with van der Waals surface area (Å²) in [6.07, 6.45) is 19.1. The molecule has 0 amide bonds. The van der Waals surface area contributed by atoms with Gasteiger partial charge in [-0.05, 0) is 94.0 Å². The highest BCUT2D eigenvalue weighted by molar-refractivity contribution is 5.75. The van der Waals surface area contributed by atoms with E-state index in [1.165, 1.54) is 81.7 Å². The molecular formula is C31H46N2O. The van der Waals surface area contributed by atoms with Crippen LogP contribution in [-0.4, -0.2) is 55.7 Å². The molecule has 2 unspecified atom stereocenters. The van der Waals surface area contributed by atoms with Crippen molar-refractivity contribution in [3.63, 3.8) is 0 Å². The van der Waals surface area contributed by atoms with Gasteiger partial charge in [0.05, 0.1) is 6.61 Å². The maximum atomic E-state index is 6.31. The zero-order valence-electron chi connectivity index (χ0n) is 21.8. The number of unbranched alkanes of at least 4 members (excludes halogenated alkanes) is 1. The molecule has 0 bridgehead atoms. The van der Waals surface area contributed by atoms with Crippen molar-refractivity contribution in [1.29, 1.82) is 0 Å². The van der Waals surface area contributed by atoms with Crippen molar-refractivity contribution in [2.75, 3.05) is 45.9 Å². The van der Waals surface area contributed by atoms with E-state index < -0.39 is 0 Å². The predicted octanol–water partition coefficient (Wildman–Crippen LogP) is 6.61. The average Bonchev–Trinajstić information content (AvgIpc) is 3.04. The summed E-state index contributed by atoms with van der Waals surface area (Å²) in [5.74, 6) is 2.85. The van der Waals surface area contributed by atoms with Gasteiger partial charge in [0.1, 0.15) is 5.75 Å². The van der Waals surface area contributed by atoms with Crippen LogP contribution in [0.2, 0.25) is 0 Å². The Balaban J connectivity index is 1.36. The zero-order chi connectivity index (χ0) is 23.8. The van der Waals surface area contributed by atoms with Crippen LogP contribution in [0.25, 0.3) is 5.57 Å². The first-order valence-electron chi connectivity index (χ1n) is 14.0. The standard InChI is InChI=1S/C31H46N2O/c1-4-7-11-29-28-12-9-8-10-27(28)24-34-31-14-13-26(23-30(29)31)18-22-33-20-16-25(17-21-33)15-19-32(5-2)6-3/h8-14,23,25,27-28H,4-7,15-22,24H2,1-3H3/b29-11-. The Hall–Kier alpha value is -1.84. The smallest absolute Gasteiger partial charge is 0.126 e. The van der Waals surface area contributed by atoms with Crippen LogP contribution in [0.3, 0.4) is 0 Å². The minimum atomic E-state index is 0.434. The quantitative estimate of drug-likeness (QED) is 0.389. The molecule has 1 aliphatic carbocycles. The van der Waals surface area contributed by atoms with Crippen molar-refractivity contribution in [2.24, 2.45) is 17.8 Å². The number of rotatable bonds is 10. The molecule has 0 spiro atoms. The van der Waals surface area contributed by atoms with Gasteiger partial charge in [0.25, 0.3) is 0 Å². The molecule has 0 saturated carbocycles. The molecule has 1 aromatic carbocycles. The third-order valence-corrected chi connectivity index (χ3v) is 8.22. The lowest BCUT2D eigenvalue weighted by Gasteiger charge is -2.33. The highest BCUT2D eigenvalue weighted by Crippen LogP contribution is 2.41. The number of hydrogen-bond donors (Lipinski definition) is 0. The summed E-state index contributed by atoms with van der Waals surface area (Å²) in [5, 5.41) is 0. The summed E-state index contributed by atoms with van der Waals surface area (Å²) in [4.78, 5) is 5.26. The second-order valence-electron chi connectivity index (χ2n) is 10.4. The van der Waals surface area contributed by atoms with Crippen LogP contribution in [0.4, 0.5) is 0 Å². The van der Waals surface area contributed by atoms with Crippen LogP contribution >= 0.6 is 0 Å². The van der Waals surface area contributed by atoms with Crippen molar-refractivity contribution >= 4 is 5.57 Å². The minimum absolute atomic E-state index is 0.434. The third-order valence-electron chi connectivity index (χ3n) is 8.22. The van der Waals surface area contributed by atoms with Gasteiger partial charge in [-0.1, -0.05) is 63.6 Å². The molecule has 3 aliphatic rings. The summed E-state index contributed by atoms with van der Waals surface area (Å²) in [6, 6.07) is 6.96. The lowest BCUT2D eigenvalue weighted by molar-refractivity contribution is 0.167. The van der Waals surface area contributed by atoms with Crippen LogP contribution < -0.4 is 4.74 Å². The normalized spacial score (nSPS) is 24.2. The molecular weight excluding hydrogens is 416 g/mol. The number of fused-ring (bicyclic) bond motifs is 2. The fourth-order valence-electron chi connectivity index (χ4n) is 5.83. The molecule has 0 N–H and O–H groups in total. The number of likely N-dealkylation sites (tertiary alicyclic amines) is 1. The minimum Gasteiger partial charge on any atom is -0.492 e. The van der Waals surface area contributed by atoms with Crippen LogP contribution in [-0.2, 0) is 6.42 Å². The van der Waals surface area contributed by atoms with Gasteiger partial charge in [-0.3, -0.25) is 0 Å². The summed E-state index contributed by atoms with van der Waals surface area (Å²) in [7, 11) is 0. The topological polar surface area (TPSA) is 15.7 Å². The number of nitrogens with zero attached hydrogens (tertiary/aromatic N) is 2. The van der Waals surface area contributed by atoms with Crippen molar-refractivity contribution < 1.29 is 4.74 Å². The van der Waals surface area contributed by atoms with Gasteiger partial charge in [-0.25, -0.2) is 0 Å². The number of allylic oxidation sites excluding steroid dienone is 5. The van der Waals surface area contributed by atoms with E-state index in [4.69, 9.17) is 4.74 Å². The van der Waals surface area contributed by atoms with E-state index in [1.54, 1.807) is 0 Å². The molecule has 1 saturated heterocycles. The van der Waals surface area contributed by atoms with Gasteiger partial charge in [0, 0.05) is 23.9 Å². The molecule has 1 aromatic rings. The van der Waals surface area contributed by atoms with Crippen LogP contribution in [0.15, 0.2) is 48.6 Å². The van der Waals surface area contributed by atoms with Gasteiger partial charge < -0.3 is 14.5 Å². The third kappa shape index (κ3) is 6.43. The lowest BCUT2D eigenvalue weighted by atomic mass is 9.80. The van der Waals surface area contributed by atoms with Crippen molar-refractivity contribution in [3.8, 4) is 5.75 Å². The van der Waals surface area contributed by atoms with Gasteiger partial charge in [-0.15, -0.1) is 0 Å². The fraction of sp³-hybridized carbons (Fsp3) is 0.613. The van der Waals surface area contributed by atoms with E-state index in [1.807, 2.05) is 0 Å². The fourth-order valence-corrected chi connectivity index (χ4v) is 5.83. The van der Waals surface area contributed by atoms with Crippen LogP contribution in [0, 0.1) is 17.8 Å². The highest BCUT2D eigenvalue weighted by atomic mass is 16.5. The van der Waals surface area contributed by atoms with Crippen LogP contribution in [0.1, 0.15) is 64.0 Å². The first-order valence-corrected chi connectivity index (χ1v) is 14.0. The number of piperidine rings is 1. The Labute approximate surface area is 208 Å². The van der Waals surface area contributed by atoms with E-state index in [-0.39, 0.29) is 0 Å². The monoisotopic (exact) mass is 462 g/mol. The summed E-state index contributed by atoms with van der Waals surface area (Å²) in [5.41, 5.74) is 4.24. The predicted molar refractivity (Wildman–Crippen MR) is 145 cm³/mol.